The summed E-state index contributed by atoms with van der Waals surface area (Å²) < 4.78 is 16.3. The lowest BCUT2D eigenvalue weighted by molar-refractivity contribution is 0.124. The predicted octanol–water partition coefficient (Wildman–Crippen LogP) is 3.94. The van der Waals surface area contributed by atoms with Crippen LogP contribution in [0.5, 0.6) is 0 Å². The molecule has 144 valence electrons. The Kier molecular flexibility index (Phi) is 4.44. The van der Waals surface area contributed by atoms with Crippen molar-refractivity contribution in [2.75, 3.05) is 5.32 Å². The van der Waals surface area contributed by atoms with Crippen LogP contribution in [0.15, 0.2) is 36.8 Å². The summed E-state index contributed by atoms with van der Waals surface area (Å²) >= 11 is 1.63. The van der Waals surface area contributed by atoms with Crippen LogP contribution in [-0.2, 0) is 6.54 Å². The Balaban J connectivity index is 1.37. The molecule has 0 aliphatic heterocycles. The largest absolute Gasteiger partial charge is 0.393 e. The van der Waals surface area contributed by atoms with E-state index in [1.165, 1.54) is 12.3 Å². The molecule has 0 radical (unpaired) electrons. The maximum Gasteiger partial charge on any atom is 0.184 e. The highest BCUT2D eigenvalue weighted by Gasteiger charge is 2.21. The number of aromatic nitrogens is 4. The van der Waals surface area contributed by atoms with Crippen molar-refractivity contribution in [2.45, 2.75) is 44.4 Å². The number of nitrogens with zero attached hydrogens (tertiary/aromatic N) is 4. The van der Waals surface area contributed by atoms with Gasteiger partial charge in [-0.05, 0) is 43.4 Å². The van der Waals surface area contributed by atoms with Gasteiger partial charge in [-0.1, -0.05) is 17.4 Å². The number of halogens is 1. The zero-order chi connectivity index (χ0) is 19.1. The fourth-order valence-electron chi connectivity index (χ4n) is 3.84. The van der Waals surface area contributed by atoms with Crippen LogP contribution in [0.4, 0.5) is 9.52 Å². The number of anilines is 1. The summed E-state index contributed by atoms with van der Waals surface area (Å²) in [6.07, 6.45) is 6.49. The van der Waals surface area contributed by atoms with Crippen molar-refractivity contribution in [1.29, 1.82) is 0 Å². The monoisotopic (exact) mass is 397 g/mol. The number of nitrogens with one attached hydrogen (secondary N) is 1. The normalized spacial score (nSPS) is 20.1. The molecule has 0 saturated heterocycles. The number of hydrogen-bond donors (Lipinski definition) is 2. The Hall–Kier alpha value is -2.58. The number of hydrogen-bond acceptors (Lipinski definition) is 6. The van der Waals surface area contributed by atoms with Crippen LogP contribution in [0.2, 0.25) is 0 Å². The minimum atomic E-state index is -0.380. The molecule has 1 fully saturated rings. The maximum atomic E-state index is 13.3. The molecule has 2 atom stereocenters. The van der Waals surface area contributed by atoms with Gasteiger partial charge in [0.15, 0.2) is 10.8 Å². The smallest absolute Gasteiger partial charge is 0.184 e. The first kappa shape index (κ1) is 17.5. The molecule has 4 aromatic rings. The van der Waals surface area contributed by atoms with E-state index in [0.29, 0.717) is 17.7 Å². The zero-order valence-corrected chi connectivity index (χ0v) is 16.0. The molecule has 1 aromatic carbocycles. The molecule has 1 saturated carbocycles. The first-order valence-electron chi connectivity index (χ1n) is 9.44. The molecule has 3 aromatic heterocycles. The van der Waals surface area contributed by atoms with Crippen LogP contribution < -0.4 is 5.32 Å². The molecular formula is C20H20FN5OS. The molecular weight excluding hydrogens is 377 g/mol. The van der Waals surface area contributed by atoms with E-state index in [0.717, 1.165) is 46.6 Å². The quantitative estimate of drug-likeness (QED) is 0.545. The number of aliphatic hydroxyl groups excluding tert-OH is 1. The van der Waals surface area contributed by atoms with Gasteiger partial charge in [0.05, 0.1) is 35.4 Å². The third-order valence-electron chi connectivity index (χ3n) is 5.20. The lowest BCUT2D eigenvalue weighted by Crippen LogP contribution is -2.29. The Morgan fingerprint density at radius 3 is 3.04 bits per heavy atom. The topological polar surface area (TPSA) is 75.9 Å². The van der Waals surface area contributed by atoms with Crippen molar-refractivity contribution in [3.63, 3.8) is 0 Å². The van der Waals surface area contributed by atoms with Crippen LogP contribution in [0.25, 0.3) is 21.4 Å². The van der Waals surface area contributed by atoms with Gasteiger partial charge in [-0.2, -0.15) is 0 Å². The van der Waals surface area contributed by atoms with Gasteiger partial charge < -0.3 is 15.0 Å². The number of rotatable bonds is 4. The third kappa shape index (κ3) is 3.45. The zero-order valence-electron chi connectivity index (χ0n) is 15.2. The molecule has 6 nitrogen and oxygen atoms in total. The molecule has 0 bridgehead atoms. The summed E-state index contributed by atoms with van der Waals surface area (Å²) in [4.78, 5) is 13.1. The van der Waals surface area contributed by atoms with Crippen molar-refractivity contribution in [3.8, 4) is 0 Å². The number of imidazole rings is 1. The average Bonchev–Trinajstić information content (AvgIpc) is 3.24. The van der Waals surface area contributed by atoms with E-state index in [9.17, 15) is 9.50 Å². The molecule has 2 N–H and O–H groups in total. The van der Waals surface area contributed by atoms with Crippen molar-refractivity contribution in [3.05, 3.63) is 48.2 Å². The Morgan fingerprint density at radius 2 is 2.14 bits per heavy atom. The number of thiazole rings is 1. The molecule has 3 heterocycles. The molecule has 28 heavy (non-hydrogen) atoms. The van der Waals surface area contributed by atoms with Gasteiger partial charge in [-0.25, -0.2) is 19.3 Å². The predicted molar refractivity (Wildman–Crippen MR) is 108 cm³/mol. The molecule has 0 spiro atoms. The summed E-state index contributed by atoms with van der Waals surface area (Å²) in [6, 6.07) is 7.88. The summed E-state index contributed by atoms with van der Waals surface area (Å²) in [5, 5.41) is 14.2. The standard InChI is InChI=1S/C20H20FN5OS/c21-13-7-17-19(22-9-13)26(11-23-17)10-12-4-5-16-18(6-12)28-20(25-16)24-14-2-1-3-15(27)8-14/h4-7,9,11,14-15,27H,1-3,8,10H2,(H,24,25). The molecule has 8 heteroatoms. The Labute approximate surface area is 165 Å². The van der Waals surface area contributed by atoms with E-state index < -0.39 is 0 Å². The average molecular weight is 397 g/mol. The van der Waals surface area contributed by atoms with E-state index in [-0.39, 0.29) is 18.0 Å². The van der Waals surface area contributed by atoms with Crippen molar-refractivity contribution < 1.29 is 9.50 Å². The SMILES string of the molecule is OC1CCCC(Nc2nc3ccc(Cn4cnc5cc(F)cnc54)cc3s2)C1. The lowest BCUT2D eigenvalue weighted by Gasteiger charge is -2.26. The second-order valence-corrected chi connectivity index (χ2v) is 8.38. The molecule has 1 aliphatic rings. The van der Waals surface area contributed by atoms with Gasteiger partial charge in [0.25, 0.3) is 0 Å². The van der Waals surface area contributed by atoms with Crippen LogP contribution in [-0.4, -0.2) is 36.8 Å². The minimum Gasteiger partial charge on any atom is -0.393 e. The third-order valence-corrected chi connectivity index (χ3v) is 6.15. The van der Waals surface area contributed by atoms with Gasteiger partial charge in [0.2, 0.25) is 0 Å². The van der Waals surface area contributed by atoms with E-state index >= 15 is 0 Å². The Bertz CT molecular complexity index is 1140. The van der Waals surface area contributed by atoms with E-state index in [2.05, 4.69) is 26.3 Å². The number of fused-ring (bicyclic) bond motifs is 2. The van der Waals surface area contributed by atoms with Gasteiger partial charge >= 0.3 is 0 Å². The first-order chi connectivity index (χ1) is 13.6. The highest BCUT2D eigenvalue weighted by Crippen LogP contribution is 2.30. The molecule has 5 rings (SSSR count). The first-order valence-corrected chi connectivity index (χ1v) is 10.3. The summed E-state index contributed by atoms with van der Waals surface area (Å²) in [6.45, 7) is 0.612. The van der Waals surface area contributed by atoms with E-state index in [1.54, 1.807) is 17.7 Å². The highest BCUT2D eigenvalue weighted by molar-refractivity contribution is 7.22. The number of aliphatic hydroxyl groups is 1. The van der Waals surface area contributed by atoms with Gasteiger partial charge in [-0.3, -0.25) is 0 Å². The van der Waals surface area contributed by atoms with Crippen molar-refractivity contribution in [2.24, 2.45) is 0 Å². The molecule has 1 aliphatic carbocycles. The summed E-state index contributed by atoms with van der Waals surface area (Å²) in [5.41, 5.74) is 3.30. The molecule has 2 unspecified atom stereocenters. The van der Waals surface area contributed by atoms with Crippen LogP contribution in [0.3, 0.4) is 0 Å². The van der Waals surface area contributed by atoms with E-state index in [4.69, 9.17) is 0 Å². The fraction of sp³-hybridized carbons (Fsp3) is 0.350. The summed E-state index contributed by atoms with van der Waals surface area (Å²) in [5.74, 6) is -0.380. The second kappa shape index (κ2) is 7.10. The Morgan fingerprint density at radius 1 is 1.21 bits per heavy atom. The van der Waals surface area contributed by atoms with Crippen molar-refractivity contribution in [1.82, 2.24) is 19.5 Å². The molecule has 0 amide bonds. The maximum absolute atomic E-state index is 13.3. The van der Waals surface area contributed by atoms with Gasteiger partial charge in [0, 0.05) is 12.1 Å². The van der Waals surface area contributed by atoms with E-state index in [1.807, 2.05) is 16.7 Å². The van der Waals surface area contributed by atoms with Gasteiger partial charge in [0.1, 0.15) is 11.3 Å². The van der Waals surface area contributed by atoms with Crippen LogP contribution >= 0.6 is 11.3 Å². The lowest BCUT2D eigenvalue weighted by atomic mass is 9.93. The number of benzene rings is 1. The van der Waals surface area contributed by atoms with Crippen molar-refractivity contribution >= 4 is 37.8 Å². The van der Waals surface area contributed by atoms with Gasteiger partial charge in [-0.15, -0.1) is 0 Å². The summed E-state index contributed by atoms with van der Waals surface area (Å²) in [7, 11) is 0. The second-order valence-electron chi connectivity index (χ2n) is 7.35. The van der Waals surface area contributed by atoms with Crippen LogP contribution in [0, 0.1) is 5.82 Å². The highest BCUT2D eigenvalue weighted by atomic mass is 32.1. The number of pyridine rings is 1. The fourth-order valence-corrected chi connectivity index (χ4v) is 4.84. The minimum absolute atomic E-state index is 0.209. The van der Waals surface area contributed by atoms with Crippen LogP contribution in [0.1, 0.15) is 31.2 Å².